The van der Waals surface area contributed by atoms with Gasteiger partial charge in [-0.3, -0.25) is 9.59 Å². The summed E-state index contributed by atoms with van der Waals surface area (Å²) in [7, 11) is 0. The highest BCUT2D eigenvalue weighted by Gasteiger charge is 2.41. The van der Waals surface area contributed by atoms with E-state index in [0.717, 1.165) is 51.1 Å². The van der Waals surface area contributed by atoms with Crippen LogP contribution in [0.4, 0.5) is 5.69 Å². The molecule has 5 nitrogen and oxygen atoms in total. The lowest BCUT2D eigenvalue weighted by Crippen LogP contribution is -2.46. The molecule has 3 aliphatic rings. The number of likely N-dealkylation sites (tertiary alicyclic amines) is 1. The van der Waals surface area contributed by atoms with Gasteiger partial charge in [0.25, 0.3) is 0 Å². The van der Waals surface area contributed by atoms with E-state index in [1.807, 2.05) is 17.0 Å². The van der Waals surface area contributed by atoms with Crippen LogP contribution in [0.15, 0.2) is 24.3 Å². The van der Waals surface area contributed by atoms with Crippen LogP contribution in [0.3, 0.4) is 0 Å². The molecular formula is C21H29N3O2. The van der Waals surface area contributed by atoms with Crippen LogP contribution in [-0.4, -0.2) is 49.4 Å². The minimum absolute atomic E-state index is 0.0704. The molecule has 2 amide bonds. The molecule has 3 aliphatic heterocycles. The Morgan fingerprint density at radius 3 is 2.54 bits per heavy atom. The zero-order chi connectivity index (χ0) is 18.1. The molecule has 3 heterocycles. The van der Waals surface area contributed by atoms with Crippen molar-refractivity contribution in [1.29, 1.82) is 0 Å². The summed E-state index contributed by atoms with van der Waals surface area (Å²) in [5, 5.41) is 3.47. The van der Waals surface area contributed by atoms with Gasteiger partial charge in [-0.25, -0.2) is 0 Å². The standard InChI is InChI=1S/C21H29N3O2/c1-2-16-3-5-18(6-4-16)24-14-17(13-19(24)25)20(26)23-11-8-21(9-12-23)7-10-22-15-21/h3-6,17,22H,2,7-15H2,1H3. The molecule has 3 fully saturated rings. The summed E-state index contributed by atoms with van der Waals surface area (Å²) in [6, 6.07) is 8.14. The van der Waals surface area contributed by atoms with Crippen molar-refractivity contribution < 1.29 is 9.59 Å². The number of nitrogens with zero attached hydrogens (tertiary/aromatic N) is 2. The molecule has 0 bridgehead atoms. The minimum atomic E-state index is -0.191. The van der Waals surface area contributed by atoms with Gasteiger partial charge >= 0.3 is 0 Å². The molecule has 1 aromatic rings. The van der Waals surface area contributed by atoms with Gasteiger partial charge in [0.1, 0.15) is 0 Å². The fourth-order valence-corrected chi connectivity index (χ4v) is 4.72. The van der Waals surface area contributed by atoms with E-state index in [4.69, 9.17) is 0 Å². The summed E-state index contributed by atoms with van der Waals surface area (Å²) >= 11 is 0. The summed E-state index contributed by atoms with van der Waals surface area (Å²) in [5.41, 5.74) is 2.59. The lowest BCUT2D eigenvalue weighted by atomic mass is 9.77. The topological polar surface area (TPSA) is 52.7 Å². The monoisotopic (exact) mass is 355 g/mol. The van der Waals surface area contributed by atoms with Crippen molar-refractivity contribution >= 4 is 17.5 Å². The van der Waals surface area contributed by atoms with Gasteiger partial charge in [-0.05, 0) is 55.3 Å². The van der Waals surface area contributed by atoms with Gasteiger partial charge < -0.3 is 15.1 Å². The quantitative estimate of drug-likeness (QED) is 0.904. The first-order valence-electron chi connectivity index (χ1n) is 9.99. The van der Waals surface area contributed by atoms with E-state index in [0.29, 0.717) is 18.4 Å². The molecule has 3 saturated heterocycles. The van der Waals surface area contributed by atoms with Crippen LogP contribution in [0.5, 0.6) is 0 Å². The maximum absolute atomic E-state index is 13.0. The van der Waals surface area contributed by atoms with Crippen LogP contribution in [0, 0.1) is 11.3 Å². The van der Waals surface area contributed by atoms with Crippen LogP contribution >= 0.6 is 0 Å². The van der Waals surface area contributed by atoms with Crippen LogP contribution in [0.2, 0.25) is 0 Å². The number of benzene rings is 1. The van der Waals surface area contributed by atoms with Crippen LogP contribution in [-0.2, 0) is 16.0 Å². The highest BCUT2D eigenvalue weighted by Crippen LogP contribution is 2.37. The van der Waals surface area contributed by atoms with Crippen LogP contribution in [0.25, 0.3) is 0 Å². The Morgan fingerprint density at radius 2 is 1.92 bits per heavy atom. The Balaban J connectivity index is 1.38. The van der Waals surface area contributed by atoms with E-state index in [-0.39, 0.29) is 17.7 Å². The summed E-state index contributed by atoms with van der Waals surface area (Å²) in [5.74, 6) is 0.0528. The second kappa shape index (κ2) is 7.03. The van der Waals surface area contributed by atoms with E-state index >= 15 is 0 Å². The second-order valence-electron chi connectivity index (χ2n) is 8.18. The number of nitrogens with one attached hydrogen (secondary N) is 1. The van der Waals surface area contributed by atoms with Crippen molar-refractivity contribution in [1.82, 2.24) is 10.2 Å². The predicted molar refractivity (Wildman–Crippen MR) is 102 cm³/mol. The number of anilines is 1. The number of amides is 2. The molecule has 140 valence electrons. The molecule has 0 aromatic heterocycles. The van der Waals surface area contributed by atoms with Gasteiger partial charge in [-0.2, -0.15) is 0 Å². The number of rotatable bonds is 3. The SMILES string of the molecule is CCc1ccc(N2CC(C(=O)N3CCC4(CCNC4)CC3)CC2=O)cc1. The molecule has 0 aliphatic carbocycles. The average Bonchev–Trinajstić information content (AvgIpc) is 3.29. The highest BCUT2D eigenvalue weighted by atomic mass is 16.2. The zero-order valence-corrected chi connectivity index (χ0v) is 15.7. The molecule has 1 unspecified atom stereocenters. The molecular weight excluding hydrogens is 326 g/mol. The third kappa shape index (κ3) is 3.25. The Morgan fingerprint density at radius 1 is 1.19 bits per heavy atom. The Labute approximate surface area is 155 Å². The molecule has 4 rings (SSSR count). The Hall–Kier alpha value is -1.88. The highest BCUT2D eigenvalue weighted by molar-refractivity contribution is 6.00. The van der Waals surface area contributed by atoms with Crippen LogP contribution in [0.1, 0.15) is 38.2 Å². The smallest absolute Gasteiger partial charge is 0.228 e. The first kappa shape index (κ1) is 17.5. The van der Waals surface area contributed by atoms with Gasteiger partial charge in [0, 0.05) is 38.3 Å². The Kier molecular flexibility index (Phi) is 4.74. The van der Waals surface area contributed by atoms with Crippen molar-refractivity contribution in [3.05, 3.63) is 29.8 Å². The van der Waals surface area contributed by atoms with Gasteiger partial charge in [0.05, 0.1) is 5.92 Å². The second-order valence-corrected chi connectivity index (χ2v) is 8.18. The van der Waals surface area contributed by atoms with E-state index in [9.17, 15) is 9.59 Å². The number of carbonyl (C=O) groups excluding carboxylic acids is 2. The Bertz CT molecular complexity index is 669. The zero-order valence-electron chi connectivity index (χ0n) is 15.7. The first-order chi connectivity index (χ1) is 12.6. The van der Waals surface area contributed by atoms with Crippen molar-refractivity contribution in [2.45, 2.75) is 39.0 Å². The van der Waals surface area contributed by atoms with Gasteiger partial charge in [-0.1, -0.05) is 19.1 Å². The maximum Gasteiger partial charge on any atom is 0.228 e. The summed E-state index contributed by atoms with van der Waals surface area (Å²) < 4.78 is 0. The van der Waals surface area contributed by atoms with E-state index in [1.54, 1.807) is 4.90 Å². The minimum Gasteiger partial charge on any atom is -0.342 e. The number of piperidine rings is 1. The summed E-state index contributed by atoms with van der Waals surface area (Å²) in [4.78, 5) is 29.2. The third-order valence-electron chi connectivity index (χ3n) is 6.60. The maximum atomic E-state index is 13.0. The number of carbonyl (C=O) groups is 2. The normalized spacial score (nSPS) is 25.3. The van der Waals surface area contributed by atoms with Gasteiger partial charge in [0.15, 0.2) is 0 Å². The van der Waals surface area contributed by atoms with Crippen molar-refractivity contribution in [2.75, 3.05) is 37.6 Å². The molecule has 1 N–H and O–H groups in total. The van der Waals surface area contributed by atoms with E-state index < -0.39 is 0 Å². The van der Waals surface area contributed by atoms with Crippen molar-refractivity contribution in [3.63, 3.8) is 0 Å². The number of aryl methyl sites for hydroxylation is 1. The van der Waals surface area contributed by atoms with Crippen molar-refractivity contribution in [3.8, 4) is 0 Å². The number of hydrogen-bond donors (Lipinski definition) is 1. The lowest BCUT2D eigenvalue weighted by Gasteiger charge is -2.39. The molecule has 26 heavy (non-hydrogen) atoms. The van der Waals surface area contributed by atoms with E-state index in [1.165, 1.54) is 12.0 Å². The van der Waals surface area contributed by atoms with Gasteiger partial charge in [0.2, 0.25) is 11.8 Å². The fourth-order valence-electron chi connectivity index (χ4n) is 4.72. The predicted octanol–water partition coefficient (Wildman–Crippen LogP) is 2.20. The molecule has 1 spiro atoms. The molecule has 1 atom stereocenters. The average molecular weight is 355 g/mol. The molecule has 0 saturated carbocycles. The third-order valence-corrected chi connectivity index (χ3v) is 6.60. The largest absolute Gasteiger partial charge is 0.342 e. The lowest BCUT2D eigenvalue weighted by molar-refractivity contribution is -0.137. The van der Waals surface area contributed by atoms with E-state index in [2.05, 4.69) is 24.4 Å². The fraction of sp³-hybridized carbons (Fsp3) is 0.619. The number of hydrogen-bond acceptors (Lipinski definition) is 3. The van der Waals surface area contributed by atoms with Crippen molar-refractivity contribution in [2.24, 2.45) is 11.3 Å². The van der Waals surface area contributed by atoms with Gasteiger partial charge in [-0.15, -0.1) is 0 Å². The molecule has 1 aromatic carbocycles. The molecule has 0 radical (unpaired) electrons. The summed E-state index contributed by atoms with van der Waals surface area (Å²) in [6.45, 7) is 6.53. The first-order valence-corrected chi connectivity index (χ1v) is 9.99. The molecule has 5 heteroatoms. The summed E-state index contributed by atoms with van der Waals surface area (Å²) in [6.07, 6.45) is 4.75. The van der Waals surface area contributed by atoms with Crippen LogP contribution < -0.4 is 10.2 Å².